The van der Waals surface area contributed by atoms with Crippen LogP contribution in [0.5, 0.6) is 0 Å². The zero-order chi connectivity index (χ0) is 11.1. The average Bonchev–Trinajstić information content (AvgIpc) is 2.34. The molecule has 1 aliphatic carbocycles. The summed E-state index contributed by atoms with van der Waals surface area (Å²) in [4.78, 5) is 2.70. The van der Waals surface area contributed by atoms with Crippen LogP contribution < -0.4 is 5.32 Å². The molecule has 2 aliphatic rings. The first-order valence-electron chi connectivity index (χ1n) is 6.81. The monoisotopic (exact) mass is 212 g/mol. The lowest BCUT2D eigenvalue weighted by atomic mass is 9.86. The van der Waals surface area contributed by atoms with E-state index in [-0.39, 0.29) is 0 Å². The topological polar surface area (TPSA) is 15.3 Å². The minimum Gasteiger partial charge on any atom is -0.314 e. The van der Waals surface area contributed by atoms with Crippen LogP contribution in [0.1, 0.15) is 46.5 Å². The summed E-state index contributed by atoms with van der Waals surface area (Å²) in [6.07, 6.45) is 5.80. The summed E-state index contributed by atoms with van der Waals surface area (Å²) < 4.78 is 0. The summed E-state index contributed by atoms with van der Waals surface area (Å²) in [5.74, 6) is 0.985. The Hall–Kier alpha value is -0.0800. The Morgan fingerprint density at radius 3 is 2.00 bits per heavy atom. The van der Waals surface area contributed by atoms with Gasteiger partial charge in [0.2, 0.25) is 0 Å². The van der Waals surface area contributed by atoms with Crippen molar-refractivity contribution in [2.45, 2.75) is 52.5 Å². The lowest BCUT2D eigenvalue weighted by molar-refractivity contribution is 0.125. The van der Waals surface area contributed by atoms with Crippen molar-refractivity contribution in [1.82, 2.24) is 10.2 Å². The highest BCUT2D eigenvalue weighted by Crippen LogP contribution is 2.26. The Morgan fingerprint density at radius 1 is 0.933 bits per heavy atom. The van der Waals surface area contributed by atoms with Crippen LogP contribution in [0.4, 0.5) is 0 Å². The van der Waals surface area contributed by atoms with Crippen molar-refractivity contribution < 1.29 is 0 Å². The molecule has 0 bridgehead atoms. The van der Waals surface area contributed by atoms with Gasteiger partial charge in [-0.25, -0.2) is 0 Å². The van der Waals surface area contributed by atoms with E-state index >= 15 is 0 Å². The Labute approximate surface area is 95.4 Å². The highest BCUT2D eigenvalue weighted by atomic mass is 15.2. The molecule has 1 saturated heterocycles. The van der Waals surface area contributed by atoms with Gasteiger partial charge in [-0.3, -0.25) is 4.90 Å². The third kappa shape index (κ3) is 4.12. The van der Waals surface area contributed by atoms with E-state index in [1.165, 1.54) is 51.9 Å². The first kappa shape index (κ1) is 13.0. The summed E-state index contributed by atoms with van der Waals surface area (Å²) >= 11 is 0. The molecule has 1 saturated carbocycles. The molecule has 0 radical (unpaired) electrons. The minimum absolute atomic E-state index is 0.915. The molecule has 0 atom stereocenters. The van der Waals surface area contributed by atoms with Crippen molar-refractivity contribution in [3.05, 3.63) is 0 Å². The summed E-state index contributed by atoms with van der Waals surface area (Å²) in [6, 6.07) is 0.915. The predicted octanol–water partition coefficient (Wildman–Crippen LogP) is 2.50. The number of piperazine rings is 1. The van der Waals surface area contributed by atoms with Crippen LogP contribution in [0.3, 0.4) is 0 Å². The van der Waals surface area contributed by atoms with Gasteiger partial charge in [0.25, 0.3) is 0 Å². The van der Waals surface area contributed by atoms with Gasteiger partial charge in [-0.05, 0) is 31.6 Å². The van der Waals surface area contributed by atoms with Crippen LogP contribution in [0, 0.1) is 5.92 Å². The van der Waals surface area contributed by atoms with Gasteiger partial charge >= 0.3 is 0 Å². The summed E-state index contributed by atoms with van der Waals surface area (Å²) in [5.41, 5.74) is 0. The van der Waals surface area contributed by atoms with Crippen molar-refractivity contribution in [3.8, 4) is 0 Å². The fourth-order valence-electron chi connectivity index (χ4n) is 2.65. The molecule has 1 N–H and O–H groups in total. The SMILES string of the molecule is CC.CC1CCC(N2CCNCC2)CC1. The second-order valence-electron chi connectivity index (χ2n) is 4.70. The largest absolute Gasteiger partial charge is 0.314 e. The van der Waals surface area contributed by atoms with Crippen LogP contribution in [0.25, 0.3) is 0 Å². The third-order valence-corrected chi connectivity index (χ3v) is 3.65. The summed E-state index contributed by atoms with van der Waals surface area (Å²) in [7, 11) is 0. The maximum absolute atomic E-state index is 3.42. The minimum atomic E-state index is 0.915. The Balaban J connectivity index is 0.000000531. The van der Waals surface area contributed by atoms with E-state index in [4.69, 9.17) is 0 Å². The quantitative estimate of drug-likeness (QED) is 0.718. The maximum atomic E-state index is 3.42. The van der Waals surface area contributed by atoms with Crippen LogP contribution in [-0.4, -0.2) is 37.1 Å². The van der Waals surface area contributed by atoms with Crippen LogP contribution >= 0.6 is 0 Å². The lowest BCUT2D eigenvalue weighted by Crippen LogP contribution is -2.49. The zero-order valence-corrected chi connectivity index (χ0v) is 10.8. The van der Waals surface area contributed by atoms with E-state index in [2.05, 4.69) is 17.1 Å². The zero-order valence-electron chi connectivity index (χ0n) is 10.8. The molecular weight excluding hydrogens is 184 g/mol. The van der Waals surface area contributed by atoms with Gasteiger partial charge in [-0.2, -0.15) is 0 Å². The van der Waals surface area contributed by atoms with Crippen LogP contribution in [0.15, 0.2) is 0 Å². The molecule has 0 unspecified atom stereocenters. The summed E-state index contributed by atoms with van der Waals surface area (Å²) in [5, 5.41) is 3.42. The van der Waals surface area contributed by atoms with E-state index in [1.54, 1.807) is 0 Å². The first-order valence-corrected chi connectivity index (χ1v) is 6.81. The number of nitrogens with zero attached hydrogens (tertiary/aromatic N) is 1. The maximum Gasteiger partial charge on any atom is 0.0110 e. The standard InChI is InChI=1S/C11H22N2.C2H6/c1-10-2-4-11(5-3-10)13-8-6-12-7-9-13;1-2/h10-12H,2-9H2,1H3;1-2H3. The van der Waals surface area contributed by atoms with Crippen molar-refractivity contribution in [2.24, 2.45) is 5.92 Å². The van der Waals surface area contributed by atoms with Crippen molar-refractivity contribution in [1.29, 1.82) is 0 Å². The van der Waals surface area contributed by atoms with E-state index in [9.17, 15) is 0 Å². The van der Waals surface area contributed by atoms with Crippen molar-refractivity contribution in [2.75, 3.05) is 26.2 Å². The Kier molecular flexibility index (Phi) is 6.26. The molecular formula is C13H28N2. The van der Waals surface area contributed by atoms with Gasteiger partial charge in [0.05, 0.1) is 0 Å². The van der Waals surface area contributed by atoms with Gasteiger partial charge < -0.3 is 5.32 Å². The molecule has 0 aromatic carbocycles. The molecule has 1 heterocycles. The smallest absolute Gasteiger partial charge is 0.0110 e. The number of hydrogen-bond donors (Lipinski definition) is 1. The molecule has 15 heavy (non-hydrogen) atoms. The molecule has 2 heteroatoms. The van der Waals surface area contributed by atoms with E-state index in [0.29, 0.717) is 0 Å². The van der Waals surface area contributed by atoms with Crippen molar-refractivity contribution >= 4 is 0 Å². The number of hydrogen-bond acceptors (Lipinski definition) is 2. The van der Waals surface area contributed by atoms with Gasteiger partial charge in [0.15, 0.2) is 0 Å². The second kappa shape index (κ2) is 7.24. The first-order chi connectivity index (χ1) is 7.36. The Morgan fingerprint density at radius 2 is 1.47 bits per heavy atom. The molecule has 1 aliphatic heterocycles. The van der Waals surface area contributed by atoms with E-state index in [0.717, 1.165) is 12.0 Å². The number of rotatable bonds is 1. The normalized spacial score (nSPS) is 33.0. The van der Waals surface area contributed by atoms with Crippen molar-refractivity contribution in [3.63, 3.8) is 0 Å². The Bertz CT molecular complexity index is 145. The highest BCUT2D eigenvalue weighted by Gasteiger charge is 2.24. The fourth-order valence-corrected chi connectivity index (χ4v) is 2.65. The lowest BCUT2D eigenvalue weighted by Gasteiger charge is -2.38. The molecule has 2 fully saturated rings. The van der Waals surface area contributed by atoms with Gasteiger partial charge in [-0.1, -0.05) is 20.8 Å². The highest BCUT2D eigenvalue weighted by molar-refractivity contribution is 4.80. The average molecular weight is 212 g/mol. The van der Waals surface area contributed by atoms with Gasteiger partial charge in [0, 0.05) is 32.2 Å². The molecule has 0 spiro atoms. The molecule has 0 aromatic rings. The fraction of sp³-hybridized carbons (Fsp3) is 1.00. The van der Waals surface area contributed by atoms with E-state index < -0.39 is 0 Å². The summed E-state index contributed by atoms with van der Waals surface area (Å²) in [6.45, 7) is 11.4. The molecule has 90 valence electrons. The number of nitrogens with one attached hydrogen (secondary N) is 1. The predicted molar refractivity (Wildman–Crippen MR) is 67.2 cm³/mol. The molecule has 0 aromatic heterocycles. The van der Waals surface area contributed by atoms with Crippen LogP contribution in [-0.2, 0) is 0 Å². The van der Waals surface area contributed by atoms with E-state index in [1.807, 2.05) is 13.8 Å². The second-order valence-corrected chi connectivity index (χ2v) is 4.70. The molecule has 0 amide bonds. The third-order valence-electron chi connectivity index (χ3n) is 3.65. The van der Waals surface area contributed by atoms with Gasteiger partial charge in [0.1, 0.15) is 0 Å². The molecule has 2 nitrogen and oxygen atoms in total. The molecule has 2 rings (SSSR count). The van der Waals surface area contributed by atoms with Gasteiger partial charge in [-0.15, -0.1) is 0 Å². The van der Waals surface area contributed by atoms with Crippen LogP contribution in [0.2, 0.25) is 0 Å².